The average molecular weight is 507 g/mol. The molecule has 0 saturated heterocycles. The van der Waals surface area contributed by atoms with Crippen molar-refractivity contribution < 1.29 is 0 Å². The fraction of sp³-hybridized carbons (Fsp3) is 0. The van der Waals surface area contributed by atoms with Crippen LogP contribution in [0.1, 0.15) is 0 Å². The number of halogens is 4. The summed E-state index contributed by atoms with van der Waals surface area (Å²) in [6, 6.07) is 4.14. The Kier molecular flexibility index (Phi) is 6.00. The normalized spacial score (nSPS) is 9.00. The van der Waals surface area contributed by atoms with Crippen molar-refractivity contribution in [3.05, 3.63) is 22.8 Å². The van der Waals surface area contributed by atoms with Gasteiger partial charge in [-0.15, -0.1) is 12.4 Å². The molecule has 0 spiro atoms. The highest BCUT2D eigenvalue weighted by Crippen LogP contribution is 2.23. The van der Waals surface area contributed by atoms with Gasteiger partial charge < -0.3 is 5.73 Å². The van der Waals surface area contributed by atoms with Crippen molar-refractivity contribution in [3.8, 4) is 0 Å². The third-order valence-electron chi connectivity index (χ3n) is 1.04. The molecule has 0 bridgehead atoms. The van der Waals surface area contributed by atoms with Crippen LogP contribution in [-0.2, 0) is 0 Å². The number of nitrogens with two attached hydrogens (primary N) is 1. The largest absolute Gasteiger partial charge is 0.397 e. The lowest BCUT2D eigenvalue weighted by Crippen LogP contribution is -1.93. The minimum atomic E-state index is 0. The van der Waals surface area contributed by atoms with E-state index in [1.54, 1.807) is 0 Å². The molecule has 0 aliphatic carbocycles. The maximum absolute atomic E-state index is 5.73. The quantitative estimate of drug-likeness (QED) is 0.423. The number of nitrogen functional groups attached to an aromatic ring is 1. The van der Waals surface area contributed by atoms with E-state index in [4.69, 9.17) is 5.73 Å². The van der Waals surface area contributed by atoms with E-state index in [0.29, 0.717) is 0 Å². The highest BCUT2D eigenvalue weighted by atomic mass is 127. The molecule has 0 aromatic heterocycles. The highest BCUT2D eigenvalue weighted by molar-refractivity contribution is 14.1. The van der Waals surface area contributed by atoms with Gasteiger partial charge in [0.2, 0.25) is 0 Å². The van der Waals surface area contributed by atoms with Crippen LogP contribution in [-0.4, -0.2) is 0 Å². The Morgan fingerprint density at radius 2 is 1.36 bits per heavy atom. The third kappa shape index (κ3) is 3.39. The first-order chi connectivity index (χ1) is 4.61. The van der Waals surface area contributed by atoms with Crippen LogP contribution < -0.4 is 5.73 Å². The second-order valence-electron chi connectivity index (χ2n) is 1.78. The summed E-state index contributed by atoms with van der Waals surface area (Å²) < 4.78 is 3.50. The molecule has 1 aromatic rings. The Morgan fingerprint density at radius 3 is 1.73 bits per heavy atom. The standard InChI is InChI=1S/C6H4I3N.ClH/c7-3-1-4(8)6(10)5(9)2-3;/h1-2H,10H2;1H. The van der Waals surface area contributed by atoms with Crippen molar-refractivity contribution in [1.29, 1.82) is 0 Å². The number of anilines is 1. The predicted octanol–water partition coefficient (Wildman–Crippen LogP) is 3.50. The van der Waals surface area contributed by atoms with Crippen molar-refractivity contribution >= 4 is 85.9 Å². The molecule has 11 heavy (non-hydrogen) atoms. The van der Waals surface area contributed by atoms with E-state index in [2.05, 4.69) is 79.9 Å². The van der Waals surface area contributed by atoms with Crippen molar-refractivity contribution in [1.82, 2.24) is 0 Å². The number of hydrogen-bond donors (Lipinski definition) is 1. The van der Waals surface area contributed by atoms with Gasteiger partial charge in [0.05, 0.1) is 5.69 Å². The van der Waals surface area contributed by atoms with Crippen molar-refractivity contribution in [2.75, 3.05) is 5.73 Å². The zero-order valence-corrected chi connectivity index (χ0v) is 12.6. The number of hydrogen-bond acceptors (Lipinski definition) is 1. The first-order valence-electron chi connectivity index (χ1n) is 2.51. The van der Waals surface area contributed by atoms with Crippen molar-refractivity contribution in [2.45, 2.75) is 0 Å². The molecular weight excluding hydrogens is 502 g/mol. The zero-order valence-electron chi connectivity index (χ0n) is 5.27. The SMILES string of the molecule is Cl.Nc1c(I)cc(I)cc1I. The molecule has 0 fully saturated rings. The van der Waals surface area contributed by atoms with Crippen molar-refractivity contribution in [3.63, 3.8) is 0 Å². The van der Waals surface area contributed by atoms with Gasteiger partial charge in [0.1, 0.15) is 0 Å². The molecule has 0 aliphatic rings. The molecule has 1 aromatic carbocycles. The highest BCUT2D eigenvalue weighted by Gasteiger charge is 2.00. The lowest BCUT2D eigenvalue weighted by Gasteiger charge is -2.00. The average Bonchev–Trinajstić information content (AvgIpc) is 1.82. The van der Waals surface area contributed by atoms with Gasteiger partial charge >= 0.3 is 0 Å². The van der Waals surface area contributed by atoms with Crippen LogP contribution in [0.2, 0.25) is 0 Å². The third-order valence-corrected chi connectivity index (χ3v) is 3.45. The Morgan fingerprint density at radius 1 is 1.00 bits per heavy atom. The Labute approximate surface area is 113 Å². The minimum absolute atomic E-state index is 0. The predicted molar refractivity (Wildman–Crippen MR) is 76.3 cm³/mol. The van der Waals surface area contributed by atoms with Gasteiger partial charge in [-0.05, 0) is 79.9 Å². The lowest BCUT2D eigenvalue weighted by molar-refractivity contribution is 1.54. The Hall–Kier alpha value is 1.50. The molecule has 0 saturated carbocycles. The summed E-state index contributed by atoms with van der Waals surface area (Å²) >= 11 is 6.76. The molecule has 0 atom stereocenters. The molecule has 0 unspecified atom stereocenters. The Balaban J connectivity index is 0.000001000. The lowest BCUT2D eigenvalue weighted by atomic mass is 10.3. The fourth-order valence-electron chi connectivity index (χ4n) is 0.553. The van der Waals surface area contributed by atoms with Crippen LogP contribution in [0.25, 0.3) is 0 Å². The minimum Gasteiger partial charge on any atom is -0.397 e. The summed E-state index contributed by atoms with van der Waals surface area (Å²) in [4.78, 5) is 0. The Bertz CT molecular complexity index is 241. The van der Waals surface area contributed by atoms with E-state index >= 15 is 0 Å². The van der Waals surface area contributed by atoms with Gasteiger partial charge in [-0.3, -0.25) is 0 Å². The van der Waals surface area contributed by atoms with Gasteiger partial charge in [-0.25, -0.2) is 0 Å². The molecule has 1 nitrogen and oxygen atoms in total. The van der Waals surface area contributed by atoms with Crippen LogP contribution in [0, 0.1) is 10.7 Å². The molecule has 62 valence electrons. The molecule has 0 heterocycles. The van der Waals surface area contributed by atoms with Crippen LogP contribution in [0.4, 0.5) is 5.69 Å². The van der Waals surface area contributed by atoms with Crippen molar-refractivity contribution in [2.24, 2.45) is 0 Å². The van der Waals surface area contributed by atoms with E-state index in [9.17, 15) is 0 Å². The summed E-state index contributed by atoms with van der Waals surface area (Å²) in [5.41, 5.74) is 6.62. The van der Waals surface area contributed by atoms with Crippen LogP contribution in [0.5, 0.6) is 0 Å². The number of rotatable bonds is 0. The molecule has 0 aliphatic heterocycles. The molecule has 0 amide bonds. The van der Waals surface area contributed by atoms with E-state index < -0.39 is 0 Å². The van der Waals surface area contributed by atoms with Gasteiger partial charge in [0.25, 0.3) is 0 Å². The number of benzene rings is 1. The van der Waals surface area contributed by atoms with E-state index in [1.807, 2.05) is 0 Å². The molecular formula is C6H5ClI3N. The van der Waals surface area contributed by atoms with E-state index in [1.165, 1.54) is 3.57 Å². The van der Waals surface area contributed by atoms with Gasteiger partial charge in [0, 0.05) is 10.7 Å². The monoisotopic (exact) mass is 507 g/mol. The summed E-state index contributed by atoms with van der Waals surface area (Å²) in [6.07, 6.45) is 0. The second kappa shape index (κ2) is 5.28. The summed E-state index contributed by atoms with van der Waals surface area (Å²) in [7, 11) is 0. The maximum atomic E-state index is 5.73. The fourth-order valence-corrected chi connectivity index (χ4v) is 4.14. The van der Waals surface area contributed by atoms with Gasteiger partial charge in [0.15, 0.2) is 0 Å². The van der Waals surface area contributed by atoms with Crippen LogP contribution in [0.15, 0.2) is 12.1 Å². The summed E-state index contributed by atoms with van der Waals surface area (Å²) in [5, 5.41) is 0. The first-order valence-corrected chi connectivity index (χ1v) is 5.75. The first kappa shape index (κ1) is 12.5. The summed E-state index contributed by atoms with van der Waals surface area (Å²) in [6.45, 7) is 0. The smallest absolute Gasteiger partial charge is 0.0586 e. The van der Waals surface area contributed by atoms with Crippen LogP contribution >= 0.6 is 80.2 Å². The van der Waals surface area contributed by atoms with E-state index in [0.717, 1.165) is 12.8 Å². The van der Waals surface area contributed by atoms with Crippen LogP contribution in [0.3, 0.4) is 0 Å². The maximum Gasteiger partial charge on any atom is 0.0586 e. The molecule has 5 heteroatoms. The molecule has 2 N–H and O–H groups in total. The second-order valence-corrected chi connectivity index (χ2v) is 5.35. The topological polar surface area (TPSA) is 26.0 Å². The van der Waals surface area contributed by atoms with E-state index in [-0.39, 0.29) is 12.4 Å². The molecule has 1 rings (SSSR count). The zero-order chi connectivity index (χ0) is 7.72. The molecule has 0 radical (unpaired) electrons. The van der Waals surface area contributed by atoms with Gasteiger partial charge in [-0.1, -0.05) is 0 Å². The summed E-state index contributed by atoms with van der Waals surface area (Å²) in [5.74, 6) is 0. The van der Waals surface area contributed by atoms with Gasteiger partial charge in [-0.2, -0.15) is 0 Å².